The van der Waals surface area contributed by atoms with E-state index in [1.54, 1.807) is 0 Å². The van der Waals surface area contributed by atoms with Crippen LogP contribution in [0.5, 0.6) is 0 Å². The van der Waals surface area contributed by atoms with Crippen molar-refractivity contribution in [3.05, 3.63) is 0 Å². The molecule has 7 aliphatic rings. The molecule has 7 N–H and O–H groups in total. The number of aliphatic hydroxyl groups excluding tert-OH is 6. The molecule has 17 atom stereocenters. The largest absolute Gasteiger partial charge is 0.394 e. The summed E-state index contributed by atoms with van der Waals surface area (Å²) in [5, 5.41) is 75.9. The van der Waals surface area contributed by atoms with Crippen molar-refractivity contribution in [1.82, 2.24) is 0 Å². The Morgan fingerprint density at radius 1 is 0.783 bits per heavy atom. The Balaban J connectivity index is 1.15. The van der Waals surface area contributed by atoms with E-state index in [9.17, 15) is 35.7 Å². The fourth-order valence-electron chi connectivity index (χ4n) is 13.7. The third-order valence-electron chi connectivity index (χ3n) is 15.9. The minimum absolute atomic E-state index is 0.0295. The van der Waals surface area contributed by atoms with Gasteiger partial charge in [-0.15, -0.1) is 0 Å². The summed E-state index contributed by atoms with van der Waals surface area (Å²) in [6.07, 6.45) is -0.708. The number of aliphatic hydroxyl groups is 7. The van der Waals surface area contributed by atoms with Crippen LogP contribution >= 0.6 is 0 Å². The van der Waals surface area contributed by atoms with E-state index in [0.29, 0.717) is 19.3 Å². The topological polar surface area (TPSA) is 169 Å². The highest BCUT2D eigenvalue weighted by molar-refractivity contribution is 5.33. The smallest absolute Gasteiger partial charge is 0.186 e. The number of hydrogen-bond donors (Lipinski definition) is 7. The Morgan fingerprint density at radius 3 is 2.11 bits per heavy atom. The number of ether oxygens (including phenoxy) is 3. The van der Waals surface area contributed by atoms with Crippen LogP contribution < -0.4 is 0 Å². The first-order valence-corrected chi connectivity index (χ1v) is 17.9. The molecule has 0 amide bonds. The summed E-state index contributed by atoms with van der Waals surface area (Å²) < 4.78 is 18.8. The van der Waals surface area contributed by atoms with Gasteiger partial charge in [0.05, 0.1) is 42.2 Å². The third kappa shape index (κ3) is 4.24. The van der Waals surface area contributed by atoms with Crippen molar-refractivity contribution in [2.45, 2.75) is 173 Å². The molecule has 0 aromatic rings. The molecular formula is C36H60O10. The standard InChI is InChI=1S/C36H60O10/c1-30(2)22(45-29-26(42)25(41)24(40)20(16-37)44-29)9-11-36-17-35(36)13-12-32(5)28(34(7)10-8-23(46-34)31(3,4)43)19(39)15-33(32,6)21(35)14-18(38)27(30)36/h18-29,37-43H,8-17H2,1-7H3/t18-,19-,20-,21+,22-,23-,24-,25-,26-,27-,28-,29+,32+,33-,34-,35-,36+/m0/s1. The van der Waals surface area contributed by atoms with Crippen molar-refractivity contribution in [1.29, 1.82) is 0 Å². The first-order chi connectivity index (χ1) is 21.2. The van der Waals surface area contributed by atoms with Crippen molar-refractivity contribution in [2.75, 3.05) is 6.61 Å². The normalized spacial score (nSPS) is 59.3. The molecule has 2 saturated heterocycles. The molecule has 0 bridgehead atoms. The van der Waals surface area contributed by atoms with Gasteiger partial charge < -0.3 is 50.0 Å². The van der Waals surface area contributed by atoms with Gasteiger partial charge in [0.2, 0.25) is 0 Å². The zero-order valence-corrected chi connectivity index (χ0v) is 28.9. The monoisotopic (exact) mass is 652 g/mol. The van der Waals surface area contributed by atoms with Gasteiger partial charge in [0.15, 0.2) is 6.29 Å². The van der Waals surface area contributed by atoms with E-state index in [2.05, 4.69) is 34.6 Å². The second-order valence-corrected chi connectivity index (χ2v) is 18.7. The molecule has 7 rings (SSSR count). The predicted octanol–water partition coefficient (Wildman–Crippen LogP) is 2.26. The molecule has 10 nitrogen and oxygen atoms in total. The summed E-state index contributed by atoms with van der Waals surface area (Å²) in [5.74, 6) is 0.176. The van der Waals surface area contributed by atoms with Gasteiger partial charge in [-0.1, -0.05) is 27.7 Å². The number of hydrogen-bond acceptors (Lipinski definition) is 10. The second-order valence-electron chi connectivity index (χ2n) is 18.7. The first-order valence-electron chi connectivity index (χ1n) is 17.9. The Hall–Kier alpha value is -0.400. The molecule has 2 aliphatic heterocycles. The Bertz CT molecular complexity index is 1200. The Morgan fingerprint density at radius 2 is 1.48 bits per heavy atom. The average molecular weight is 653 g/mol. The minimum atomic E-state index is -1.50. The van der Waals surface area contributed by atoms with Gasteiger partial charge >= 0.3 is 0 Å². The molecule has 0 unspecified atom stereocenters. The lowest BCUT2D eigenvalue weighted by Gasteiger charge is -2.64. The molecule has 0 aromatic carbocycles. The lowest BCUT2D eigenvalue weighted by molar-refractivity contribution is -0.329. The summed E-state index contributed by atoms with van der Waals surface area (Å²) in [6, 6.07) is 0. The molecule has 5 saturated carbocycles. The molecular weight excluding hydrogens is 592 g/mol. The van der Waals surface area contributed by atoms with Gasteiger partial charge in [-0.2, -0.15) is 0 Å². The fraction of sp³-hybridized carbons (Fsp3) is 1.00. The maximum Gasteiger partial charge on any atom is 0.186 e. The van der Waals surface area contributed by atoms with Crippen LogP contribution in [-0.4, -0.2) is 109 Å². The Labute approximate surface area is 273 Å². The molecule has 2 heterocycles. The van der Waals surface area contributed by atoms with E-state index in [4.69, 9.17) is 14.2 Å². The lowest BCUT2D eigenvalue weighted by Crippen LogP contribution is -2.64. The van der Waals surface area contributed by atoms with E-state index in [1.165, 1.54) is 0 Å². The Kier molecular flexibility index (Phi) is 7.65. The second kappa shape index (κ2) is 10.3. The van der Waals surface area contributed by atoms with Crippen molar-refractivity contribution < 1.29 is 50.0 Å². The zero-order valence-electron chi connectivity index (χ0n) is 28.9. The van der Waals surface area contributed by atoms with Crippen LogP contribution in [0.1, 0.15) is 106 Å². The highest BCUT2D eigenvalue weighted by atomic mass is 16.7. The van der Waals surface area contributed by atoms with Crippen molar-refractivity contribution >= 4 is 0 Å². The van der Waals surface area contributed by atoms with Crippen LogP contribution in [0.25, 0.3) is 0 Å². The van der Waals surface area contributed by atoms with Gasteiger partial charge in [-0.25, -0.2) is 0 Å². The van der Waals surface area contributed by atoms with E-state index in [-0.39, 0.29) is 51.6 Å². The summed E-state index contributed by atoms with van der Waals surface area (Å²) in [6.45, 7) is 14.3. The zero-order chi connectivity index (χ0) is 33.6. The highest BCUT2D eigenvalue weighted by Gasteiger charge is 2.85. The van der Waals surface area contributed by atoms with E-state index < -0.39 is 66.1 Å². The van der Waals surface area contributed by atoms with Crippen LogP contribution in [0, 0.1) is 44.8 Å². The van der Waals surface area contributed by atoms with Gasteiger partial charge in [-0.05, 0) is 117 Å². The summed E-state index contributed by atoms with van der Waals surface area (Å²) in [4.78, 5) is 0. The molecule has 0 radical (unpaired) electrons. The number of rotatable bonds is 5. The summed E-state index contributed by atoms with van der Waals surface area (Å²) >= 11 is 0. The highest BCUT2D eigenvalue weighted by Crippen LogP contribution is 2.89. The van der Waals surface area contributed by atoms with Gasteiger partial charge in [0, 0.05) is 5.92 Å². The van der Waals surface area contributed by atoms with E-state index in [1.807, 2.05) is 13.8 Å². The lowest BCUT2D eigenvalue weighted by atomic mass is 9.41. The van der Waals surface area contributed by atoms with Gasteiger partial charge in [0.25, 0.3) is 0 Å². The van der Waals surface area contributed by atoms with E-state index in [0.717, 1.165) is 38.5 Å². The quantitative estimate of drug-likeness (QED) is 0.219. The summed E-state index contributed by atoms with van der Waals surface area (Å²) in [7, 11) is 0. The molecule has 0 aromatic heterocycles. The van der Waals surface area contributed by atoms with Crippen molar-refractivity contribution in [3.63, 3.8) is 0 Å². The molecule has 46 heavy (non-hydrogen) atoms. The predicted molar refractivity (Wildman–Crippen MR) is 167 cm³/mol. The number of fused-ring (bicyclic) bond motifs is 2. The minimum Gasteiger partial charge on any atom is -0.394 e. The van der Waals surface area contributed by atoms with Gasteiger partial charge in [0.1, 0.15) is 24.4 Å². The van der Waals surface area contributed by atoms with Crippen molar-refractivity contribution in [3.8, 4) is 0 Å². The fourth-order valence-corrected chi connectivity index (χ4v) is 13.7. The van der Waals surface area contributed by atoms with Crippen LogP contribution in [0.2, 0.25) is 0 Å². The first kappa shape index (κ1) is 34.1. The molecule has 7 fully saturated rings. The summed E-state index contributed by atoms with van der Waals surface area (Å²) in [5.41, 5.74) is -2.26. The molecule has 264 valence electrons. The maximum atomic E-state index is 12.2. The third-order valence-corrected chi connectivity index (χ3v) is 15.9. The van der Waals surface area contributed by atoms with Crippen molar-refractivity contribution in [2.24, 2.45) is 44.8 Å². The van der Waals surface area contributed by atoms with Crippen LogP contribution in [0.15, 0.2) is 0 Å². The molecule has 10 heteroatoms. The molecule has 2 spiro atoms. The van der Waals surface area contributed by atoms with Gasteiger partial charge in [-0.3, -0.25) is 0 Å². The molecule has 5 aliphatic carbocycles. The van der Waals surface area contributed by atoms with Crippen LogP contribution in [0.3, 0.4) is 0 Å². The average Bonchev–Trinajstić information content (AvgIpc) is 3.31. The van der Waals surface area contributed by atoms with Crippen LogP contribution in [0.4, 0.5) is 0 Å². The maximum absolute atomic E-state index is 12.2. The SMILES string of the molecule is CC(C)(O)[C@@H]1CC[C@@](C)([C@H]2[C@@H](O)C[C@@]3(C)[C@H]4C[C@H](O)[C@H]5C(C)(C)[C@@H](O[C@H]6O[C@@H](CO)[C@H](O)[C@H](O)[C@@H]6O)CC[C@@]56C[C@@]46CC[C@]23C)O1. The van der Waals surface area contributed by atoms with Crippen LogP contribution in [-0.2, 0) is 14.2 Å². The van der Waals surface area contributed by atoms with E-state index >= 15 is 0 Å².